The highest BCUT2D eigenvalue weighted by Crippen LogP contribution is 2.15. The molecular formula is C16H16N4O2. The average Bonchev–Trinajstić information content (AvgIpc) is 2.84. The van der Waals surface area contributed by atoms with E-state index < -0.39 is 0 Å². The number of hydrogen-bond donors (Lipinski definition) is 3. The van der Waals surface area contributed by atoms with Crippen LogP contribution in [0.2, 0.25) is 0 Å². The van der Waals surface area contributed by atoms with Gasteiger partial charge in [-0.15, -0.1) is 0 Å². The number of nitrogens with one attached hydrogen (secondary N) is 2. The number of carbonyl (C=O) groups excluding carboxylic acids is 1. The molecule has 1 aromatic heterocycles. The third kappa shape index (κ3) is 2.64. The van der Waals surface area contributed by atoms with E-state index in [4.69, 9.17) is 5.73 Å². The Morgan fingerprint density at radius 2 is 1.95 bits per heavy atom. The van der Waals surface area contributed by atoms with Crippen LogP contribution in [0.4, 0.5) is 5.69 Å². The van der Waals surface area contributed by atoms with Gasteiger partial charge in [-0.1, -0.05) is 18.2 Å². The van der Waals surface area contributed by atoms with Gasteiger partial charge in [0.1, 0.15) is 0 Å². The Bertz CT molecular complexity index is 865. The maximum Gasteiger partial charge on any atom is 0.326 e. The lowest BCUT2D eigenvalue weighted by Crippen LogP contribution is -2.21. The SMILES string of the molecule is NCCn1c(=O)[nH]c2ccc(C(=O)Nc3ccccc3)cc21. The third-order valence-corrected chi connectivity index (χ3v) is 3.42. The highest BCUT2D eigenvalue weighted by molar-refractivity contribution is 6.05. The number of H-pyrrole nitrogens is 1. The molecular weight excluding hydrogens is 280 g/mol. The largest absolute Gasteiger partial charge is 0.329 e. The molecule has 0 spiro atoms. The summed E-state index contributed by atoms with van der Waals surface area (Å²) in [7, 11) is 0. The summed E-state index contributed by atoms with van der Waals surface area (Å²) in [5.74, 6) is -0.221. The van der Waals surface area contributed by atoms with E-state index in [1.54, 1.807) is 18.2 Å². The molecule has 0 unspecified atom stereocenters. The Morgan fingerprint density at radius 1 is 1.18 bits per heavy atom. The number of benzene rings is 2. The second-order valence-electron chi connectivity index (χ2n) is 4.92. The van der Waals surface area contributed by atoms with E-state index >= 15 is 0 Å². The van der Waals surface area contributed by atoms with Crippen molar-refractivity contribution in [3.63, 3.8) is 0 Å². The molecule has 0 radical (unpaired) electrons. The molecule has 2 aromatic carbocycles. The molecule has 22 heavy (non-hydrogen) atoms. The van der Waals surface area contributed by atoms with Gasteiger partial charge in [-0.2, -0.15) is 0 Å². The Morgan fingerprint density at radius 3 is 2.68 bits per heavy atom. The van der Waals surface area contributed by atoms with Crippen LogP contribution in [0.15, 0.2) is 53.3 Å². The molecule has 1 amide bonds. The Balaban J connectivity index is 1.95. The van der Waals surface area contributed by atoms with Gasteiger partial charge in [0.25, 0.3) is 5.91 Å². The lowest BCUT2D eigenvalue weighted by Gasteiger charge is -2.06. The van der Waals surface area contributed by atoms with Crippen LogP contribution in [0.25, 0.3) is 11.0 Å². The molecule has 6 heteroatoms. The summed E-state index contributed by atoms with van der Waals surface area (Å²) in [5.41, 5.74) is 7.88. The average molecular weight is 296 g/mol. The van der Waals surface area contributed by atoms with Crippen molar-refractivity contribution in [3.05, 3.63) is 64.6 Å². The number of para-hydroxylation sites is 1. The first-order chi connectivity index (χ1) is 10.7. The van der Waals surface area contributed by atoms with Gasteiger partial charge in [-0.25, -0.2) is 4.79 Å². The molecule has 0 saturated heterocycles. The van der Waals surface area contributed by atoms with Gasteiger partial charge < -0.3 is 16.0 Å². The molecule has 3 aromatic rings. The summed E-state index contributed by atoms with van der Waals surface area (Å²) in [6.45, 7) is 0.760. The molecule has 0 aliphatic heterocycles. The molecule has 6 nitrogen and oxygen atoms in total. The van der Waals surface area contributed by atoms with Crippen LogP contribution < -0.4 is 16.7 Å². The summed E-state index contributed by atoms with van der Waals surface area (Å²) in [6, 6.07) is 14.3. The van der Waals surface area contributed by atoms with E-state index in [2.05, 4.69) is 10.3 Å². The molecule has 0 aliphatic rings. The predicted octanol–water partition coefficient (Wildman–Crippen LogP) is 1.54. The maximum absolute atomic E-state index is 12.3. The molecule has 0 atom stereocenters. The smallest absolute Gasteiger partial charge is 0.326 e. The van der Waals surface area contributed by atoms with Crippen LogP contribution in [0.5, 0.6) is 0 Å². The summed E-state index contributed by atoms with van der Waals surface area (Å²) in [4.78, 5) is 26.9. The maximum atomic E-state index is 12.3. The minimum absolute atomic E-state index is 0.221. The zero-order valence-corrected chi connectivity index (χ0v) is 11.9. The number of aromatic nitrogens is 2. The van der Waals surface area contributed by atoms with E-state index in [1.807, 2.05) is 30.3 Å². The van der Waals surface area contributed by atoms with Gasteiger partial charge in [-0.3, -0.25) is 9.36 Å². The molecule has 4 N–H and O–H groups in total. The molecule has 0 fully saturated rings. The van der Waals surface area contributed by atoms with Gasteiger partial charge in [0, 0.05) is 24.3 Å². The zero-order valence-electron chi connectivity index (χ0n) is 11.9. The highest BCUT2D eigenvalue weighted by atomic mass is 16.2. The number of aromatic amines is 1. The Hall–Kier alpha value is -2.86. The second-order valence-corrected chi connectivity index (χ2v) is 4.92. The number of rotatable bonds is 4. The molecule has 3 rings (SSSR count). The normalized spacial score (nSPS) is 10.8. The van der Waals surface area contributed by atoms with Gasteiger partial charge in [-0.05, 0) is 30.3 Å². The quantitative estimate of drug-likeness (QED) is 0.682. The van der Waals surface area contributed by atoms with Crippen LogP contribution in [-0.2, 0) is 6.54 Å². The summed E-state index contributed by atoms with van der Waals surface area (Å²) < 4.78 is 1.54. The number of anilines is 1. The van der Waals surface area contributed by atoms with Crippen molar-refractivity contribution in [2.75, 3.05) is 11.9 Å². The first-order valence-electron chi connectivity index (χ1n) is 6.98. The zero-order chi connectivity index (χ0) is 15.5. The number of amides is 1. The molecule has 0 saturated carbocycles. The number of carbonyl (C=O) groups is 1. The summed E-state index contributed by atoms with van der Waals surface area (Å²) in [6.07, 6.45) is 0. The number of hydrogen-bond acceptors (Lipinski definition) is 3. The van der Waals surface area contributed by atoms with Crippen molar-refractivity contribution in [2.45, 2.75) is 6.54 Å². The Labute approximate surface area is 126 Å². The van der Waals surface area contributed by atoms with Crippen molar-refractivity contribution >= 4 is 22.6 Å². The van der Waals surface area contributed by atoms with Crippen LogP contribution >= 0.6 is 0 Å². The van der Waals surface area contributed by atoms with Crippen molar-refractivity contribution in [1.82, 2.24) is 9.55 Å². The van der Waals surface area contributed by atoms with E-state index in [0.717, 1.165) is 5.69 Å². The van der Waals surface area contributed by atoms with Gasteiger partial charge in [0.15, 0.2) is 0 Å². The first kappa shape index (κ1) is 14.1. The number of fused-ring (bicyclic) bond motifs is 1. The molecule has 112 valence electrons. The monoisotopic (exact) mass is 296 g/mol. The minimum atomic E-state index is -0.221. The van der Waals surface area contributed by atoms with E-state index in [0.29, 0.717) is 29.7 Å². The lowest BCUT2D eigenvalue weighted by atomic mass is 10.2. The molecule has 0 aliphatic carbocycles. The van der Waals surface area contributed by atoms with Gasteiger partial charge >= 0.3 is 5.69 Å². The van der Waals surface area contributed by atoms with Crippen molar-refractivity contribution in [2.24, 2.45) is 5.73 Å². The van der Waals surface area contributed by atoms with Gasteiger partial charge in [0.05, 0.1) is 11.0 Å². The van der Waals surface area contributed by atoms with Crippen molar-refractivity contribution < 1.29 is 4.79 Å². The van der Waals surface area contributed by atoms with Crippen LogP contribution in [0.3, 0.4) is 0 Å². The third-order valence-electron chi connectivity index (χ3n) is 3.42. The minimum Gasteiger partial charge on any atom is -0.329 e. The fourth-order valence-electron chi connectivity index (χ4n) is 2.37. The Kier molecular flexibility index (Phi) is 3.76. The van der Waals surface area contributed by atoms with Crippen LogP contribution in [0, 0.1) is 0 Å². The van der Waals surface area contributed by atoms with Gasteiger partial charge in [0.2, 0.25) is 0 Å². The van der Waals surface area contributed by atoms with Crippen LogP contribution in [0.1, 0.15) is 10.4 Å². The standard InChI is InChI=1S/C16H16N4O2/c17-8-9-20-14-10-11(6-7-13(14)19-16(20)22)15(21)18-12-4-2-1-3-5-12/h1-7,10H,8-9,17H2,(H,18,21)(H,19,22). The molecule has 0 bridgehead atoms. The first-order valence-corrected chi connectivity index (χ1v) is 6.98. The van der Waals surface area contributed by atoms with Crippen molar-refractivity contribution in [3.8, 4) is 0 Å². The lowest BCUT2D eigenvalue weighted by molar-refractivity contribution is 0.102. The fraction of sp³-hybridized carbons (Fsp3) is 0.125. The number of nitrogens with zero attached hydrogens (tertiary/aromatic N) is 1. The predicted molar refractivity (Wildman–Crippen MR) is 86.0 cm³/mol. The summed E-state index contributed by atoms with van der Waals surface area (Å²) in [5, 5.41) is 2.82. The van der Waals surface area contributed by atoms with Crippen LogP contribution in [-0.4, -0.2) is 22.0 Å². The van der Waals surface area contributed by atoms with E-state index in [1.165, 1.54) is 4.57 Å². The van der Waals surface area contributed by atoms with E-state index in [9.17, 15) is 9.59 Å². The molecule has 1 heterocycles. The van der Waals surface area contributed by atoms with E-state index in [-0.39, 0.29) is 11.6 Å². The van der Waals surface area contributed by atoms with Crippen molar-refractivity contribution in [1.29, 1.82) is 0 Å². The summed E-state index contributed by atoms with van der Waals surface area (Å²) >= 11 is 0. The fourth-order valence-corrected chi connectivity index (χ4v) is 2.37. The highest BCUT2D eigenvalue weighted by Gasteiger charge is 2.11. The topological polar surface area (TPSA) is 92.9 Å². The second kappa shape index (κ2) is 5.87. The number of nitrogens with two attached hydrogens (primary N) is 1. The number of imidazole rings is 1.